The zero-order chi connectivity index (χ0) is 30.4. The highest BCUT2D eigenvalue weighted by molar-refractivity contribution is 7.92. The summed E-state index contributed by atoms with van der Waals surface area (Å²) in [7, 11) is -4.58. The Bertz CT molecular complexity index is 1610. The summed E-state index contributed by atoms with van der Waals surface area (Å²) in [5.74, 6) is -1.30. The summed E-state index contributed by atoms with van der Waals surface area (Å²) in [6, 6.07) is 10.5. The number of carbonyl (C=O) groups is 1. The Morgan fingerprint density at radius 1 is 1.02 bits per heavy atom. The van der Waals surface area contributed by atoms with Crippen LogP contribution in [0.5, 0.6) is 11.5 Å². The summed E-state index contributed by atoms with van der Waals surface area (Å²) in [4.78, 5) is 12.6. The van der Waals surface area contributed by atoms with E-state index in [1.54, 1.807) is 4.90 Å². The van der Waals surface area contributed by atoms with Gasteiger partial charge in [0.25, 0.3) is 10.0 Å². The normalized spacial score (nSPS) is 17.5. The molecule has 0 radical (unpaired) electrons. The molecule has 1 atom stereocenters. The number of hydrogen-bond donors (Lipinski definition) is 0. The monoisotopic (exact) mass is 614 g/mol. The van der Waals surface area contributed by atoms with E-state index in [1.165, 1.54) is 25.1 Å². The molecule has 0 spiro atoms. The molecule has 1 amide bonds. The number of halogens is 6. The Morgan fingerprint density at radius 3 is 2.43 bits per heavy atom. The molecule has 2 aliphatic heterocycles. The van der Waals surface area contributed by atoms with Crippen LogP contribution in [-0.2, 0) is 21.0 Å². The van der Waals surface area contributed by atoms with Gasteiger partial charge < -0.3 is 14.4 Å². The molecule has 224 valence electrons. The maximum Gasteiger partial charge on any atom is 0.416 e. The van der Waals surface area contributed by atoms with E-state index in [0.29, 0.717) is 25.6 Å². The number of amides is 1. The van der Waals surface area contributed by atoms with Crippen LogP contribution in [0.25, 0.3) is 11.1 Å². The van der Waals surface area contributed by atoms with Gasteiger partial charge in [-0.05, 0) is 65.9 Å². The van der Waals surface area contributed by atoms with Crippen LogP contribution in [-0.4, -0.2) is 51.6 Å². The van der Waals surface area contributed by atoms with E-state index in [2.05, 4.69) is 4.74 Å². The van der Waals surface area contributed by atoms with Crippen molar-refractivity contribution < 1.29 is 49.0 Å². The van der Waals surface area contributed by atoms with Crippen LogP contribution in [0.4, 0.5) is 32.0 Å². The molecule has 0 aliphatic carbocycles. The minimum absolute atomic E-state index is 0.0263. The number of likely N-dealkylation sites (tertiary alicyclic amines) is 1. The lowest BCUT2D eigenvalue weighted by molar-refractivity contribution is -0.138. The van der Waals surface area contributed by atoms with Crippen LogP contribution in [0.2, 0.25) is 0 Å². The summed E-state index contributed by atoms with van der Waals surface area (Å²) in [5, 5.41) is 0. The molecular weight excluding hydrogens is 590 g/mol. The van der Waals surface area contributed by atoms with Crippen LogP contribution in [0, 0.1) is 11.7 Å². The van der Waals surface area contributed by atoms with Crippen LogP contribution in [0.15, 0.2) is 65.6 Å². The number of nitrogens with zero attached hydrogens (tertiary/aromatic N) is 2. The van der Waals surface area contributed by atoms with E-state index in [0.717, 1.165) is 40.7 Å². The molecule has 0 bridgehead atoms. The predicted molar refractivity (Wildman–Crippen MR) is 139 cm³/mol. The largest absolute Gasteiger partial charge is 0.486 e. The number of fused-ring (bicyclic) bond motifs is 1. The highest BCUT2D eigenvalue weighted by Crippen LogP contribution is 2.42. The Hall–Kier alpha value is -3.94. The van der Waals surface area contributed by atoms with Crippen LogP contribution in [0.3, 0.4) is 0 Å². The topological polar surface area (TPSA) is 76.2 Å². The van der Waals surface area contributed by atoms with Gasteiger partial charge in [-0.2, -0.15) is 22.0 Å². The molecule has 5 rings (SSSR count). The lowest BCUT2D eigenvalue weighted by Crippen LogP contribution is -2.52. The third-order valence-electron chi connectivity index (χ3n) is 7.07. The van der Waals surface area contributed by atoms with E-state index < -0.39 is 50.9 Å². The fraction of sp³-hybridized carbons (Fsp3) is 0.321. The van der Waals surface area contributed by atoms with Crippen molar-refractivity contribution in [1.29, 1.82) is 0 Å². The fourth-order valence-electron chi connectivity index (χ4n) is 5.05. The number of carbonyl (C=O) groups excluding carboxylic acids is 1. The van der Waals surface area contributed by atoms with Gasteiger partial charge in [-0.3, -0.25) is 9.10 Å². The van der Waals surface area contributed by atoms with E-state index in [9.17, 15) is 39.6 Å². The highest BCUT2D eigenvalue weighted by atomic mass is 32.2. The molecule has 2 aliphatic rings. The van der Waals surface area contributed by atoms with Crippen LogP contribution >= 0.6 is 0 Å². The van der Waals surface area contributed by atoms with Gasteiger partial charge in [0, 0.05) is 26.1 Å². The highest BCUT2D eigenvalue weighted by Gasteiger charge is 2.39. The van der Waals surface area contributed by atoms with Gasteiger partial charge in [0.15, 0.2) is 0 Å². The number of alkyl halides is 5. The first-order valence-corrected chi connectivity index (χ1v) is 14.2. The van der Waals surface area contributed by atoms with Gasteiger partial charge >= 0.3 is 12.8 Å². The maximum atomic E-state index is 14.2. The number of anilines is 1. The first-order valence-electron chi connectivity index (χ1n) is 12.7. The minimum Gasteiger partial charge on any atom is -0.486 e. The summed E-state index contributed by atoms with van der Waals surface area (Å²) >= 11 is 0. The average molecular weight is 615 g/mol. The quantitative estimate of drug-likeness (QED) is 0.308. The SMILES string of the molecule is CC(=O)N1CC(C[C@H]2CN(S(=O)(=O)c3cccc(C(F)(F)F)c3)c3cc(-c4cc(F)cc(OC(F)F)c4)ccc3O2)C1. The number of ether oxygens (including phenoxy) is 2. The van der Waals surface area contributed by atoms with Crippen molar-refractivity contribution in [2.45, 2.75) is 37.1 Å². The first-order chi connectivity index (χ1) is 19.7. The molecule has 1 fully saturated rings. The van der Waals surface area contributed by atoms with Gasteiger partial charge in [0.1, 0.15) is 23.4 Å². The third kappa shape index (κ3) is 6.13. The third-order valence-corrected chi connectivity index (χ3v) is 8.84. The Balaban J connectivity index is 1.54. The molecule has 1 saturated heterocycles. The molecule has 3 aromatic carbocycles. The molecular formula is C28H24F6N2O5S. The maximum absolute atomic E-state index is 14.2. The van der Waals surface area contributed by atoms with Crippen molar-refractivity contribution in [2.75, 3.05) is 23.9 Å². The molecule has 2 heterocycles. The molecule has 0 N–H and O–H groups in total. The van der Waals surface area contributed by atoms with Gasteiger partial charge in [0.05, 0.1) is 22.7 Å². The molecule has 7 nitrogen and oxygen atoms in total. The van der Waals surface area contributed by atoms with Gasteiger partial charge in [-0.15, -0.1) is 0 Å². The lowest BCUT2D eigenvalue weighted by Gasteiger charge is -2.42. The summed E-state index contributed by atoms with van der Waals surface area (Å²) in [5.41, 5.74) is -0.867. The van der Waals surface area contributed by atoms with Crippen LogP contribution < -0.4 is 13.8 Å². The number of benzene rings is 3. The second-order valence-electron chi connectivity index (χ2n) is 10.1. The lowest BCUT2D eigenvalue weighted by atomic mass is 9.92. The zero-order valence-electron chi connectivity index (χ0n) is 21.9. The molecule has 42 heavy (non-hydrogen) atoms. The minimum atomic E-state index is -4.79. The van der Waals surface area contributed by atoms with Crippen molar-refractivity contribution in [3.63, 3.8) is 0 Å². The predicted octanol–water partition coefficient (Wildman–Crippen LogP) is 5.94. The molecule has 14 heteroatoms. The van der Waals surface area contributed by atoms with Gasteiger partial charge in [-0.1, -0.05) is 12.1 Å². The Kier molecular flexibility index (Phi) is 7.77. The fourth-order valence-corrected chi connectivity index (χ4v) is 6.60. The molecule has 0 saturated carbocycles. The van der Waals surface area contributed by atoms with E-state index in [-0.39, 0.29) is 40.9 Å². The second-order valence-corrected chi connectivity index (χ2v) is 11.9. The smallest absolute Gasteiger partial charge is 0.416 e. The average Bonchev–Trinajstić information content (AvgIpc) is 2.88. The van der Waals surface area contributed by atoms with Crippen molar-refractivity contribution in [3.8, 4) is 22.6 Å². The van der Waals surface area contributed by atoms with Crippen LogP contribution in [0.1, 0.15) is 18.9 Å². The van der Waals surface area contributed by atoms with Crippen molar-refractivity contribution in [2.24, 2.45) is 5.92 Å². The summed E-state index contributed by atoms with van der Waals surface area (Å²) < 4.78 is 119. The van der Waals surface area contributed by atoms with E-state index in [4.69, 9.17) is 4.74 Å². The van der Waals surface area contributed by atoms with Gasteiger partial charge in [-0.25, -0.2) is 12.8 Å². The number of sulfonamides is 1. The standard InChI is InChI=1S/C28H24F6N2O5S/c1-16(37)35-13-17(14-35)7-23-15-36(42(38,39)24-4-2-3-20(11-24)28(32,33)34)25-10-18(5-6-26(25)40-23)19-8-21(29)12-22(9-19)41-27(30)31/h2-6,8-12,17,23,27H,7,13-15H2,1H3/t23-/m0/s1. The van der Waals surface area contributed by atoms with E-state index >= 15 is 0 Å². The van der Waals surface area contributed by atoms with Crippen molar-refractivity contribution in [1.82, 2.24) is 4.90 Å². The second kappa shape index (κ2) is 11.0. The first kappa shape index (κ1) is 29.5. The number of rotatable bonds is 7. The Morgan fingerprint density at radius 2 is 1.76 bits per heavy atom. The van der Waals surface area contributed by atoms with Crippen molar-refractivity contribution in [3.05, 3.63) is 72.0 Å². The molecule has 0 aromatic heterocycles. The summed E-state index contributed by atoms with van der Waals surface area (Å²) in [6.07, 6.45) is -5.10. The van der Waals surface area contributed by atoms with Crippen molar-refractivity contribution >= 4 is 21.6 Å². The summed E-state index contributed by atoms with van der Waals surface area (Å²) in [6.45, 7) is -1.10. The zero-order valence-corrected chi connectivity index (χ0v) is 22.8. The molecule has 3 aromatic rings. The number of hydrogen-bond acceptors (Lipinski definition) is 5. The molecule has 0 unspecified atom stereocenters. The Labute approximate surface area is 237 Å². The van der Waals surface area contributed by atoms with Gasteiger partial charge in [0.2, 0.25) is 5.91 Å². The van der Waals surface area contributed by atoms with E-state index in [1.807, 2.05) is 0 Å².